The van der Waals surface area contributed by atoms with E-state index in [1.807, 2.05) is 36.4 Å². The molecule has 0 radical (unpaired) electrons. The number of hydrogen-bond donors (Lipinski definition) is 1. The third kappa shape index (κ3) is 3.42. The average Bonchev–Trinajstić information content (AvgIpc) is 2.98. The largest absolute Gasteiger partial charge is 0.459 e. The Kier molecular flexibility index (Phi) is 4.34. The van der Waals surface area contributed by atoms with Gasteiger partial charge in [-0.2, -0.15) is 0 Å². The lowest BCUT2D eigenvalue weighted by atomic mass is 10.1. The van der Waals surface area contributed by atoms with Crippen LogP contribution in [0.2, 0.25) is 0 Å². The Morgan fingerprint density at radius 3 is 2.41 bits per heavy atom. The summed E-state index contributed by atoms with van der Waals surface area (Å²) in [7, 11) is 0. The van der Waals surface area contributed by atoms with Crippen molar-refractivity contribution in [3.63, 3.8) is 0 Å². The van der Waals surface area contributed by atoms with Gasteiger partial charge in [-0.05, 0) is 61.4 Å². The quantitative estimate of drug-likeness (QED) is 0.626. The maximum Gasteiger partial charge on any atom is 0.134 e. The SMILES string of the molecule is Cc1ccc(NCc2ccc(-c3ccc(Br)cc3)o2)cc1C. The number of rotatable bonds is 4. The molecule has 2 aromatic carbocycles. The van der Waals surface area contributed by atoms with Crippen LogP contribution >= 0.6 is 15.9 Å². The van der Waals surface area contributed by atoms with Crippen molar-refractivity contribution in [3.05, 3.63) is 76.0 Å². The molecule has 22 heavy (non-hydrogen) atoms. The van der Waals surface area contributed by atoms with Crippen LogP contribution in [0.3, 0.4) is 0 Å². The molecule has 0 aliphatic carbocycles. The van der Waals surface area contributed by atoms with Gasteiger partial charge in [-0.3, -0.25) is 0 Å². The first-order valence-electron chi connectivity index (χ1n) is 7.27. The van der Waals surface area contributed by atoms with E-state index >= 15 is 0 Å². The lowest BCUT2D eigenvalue weighted by Crippen LogP contribution is -1.98. The van der Waals surface area contributed by atoms with Gasteiger partial charge >= 0.3 is 0 Å². The molecule has 3 aromatic rings. The molecule has 0 aliphatic heterocycles. The summed E-state index contributed by atoms with van der Waals surface area (Å²) in [5.41, 5.74) is 4.80. The van der Waals surface area contributed by atoms with Gasteiger partial charge in [0.1, 0.15) is 11.5 Å². The predicted octanol–water partition coefficient (Wildman–Crippen LogP) is 5.94. The number of anilines is 1. The first-order valence-corrected chi connectivity index (χ1v) is 8.07. The van der Waals surface area contributed by atoms with Crippen molar-refractivity contribution in [1.29, 1.82) is 0 Å². The summed E-state index contributed by atoms with van der Waals surface area (Å²) < 4.78 is 6.98. The second kappa shape index (κ2) is 6.41. The predicted molar refractivity (Wildman–Crippen MR) is 95.1 cm³/mol. The molecule has 3 rings (SSSR count). The minimum atomic E-state index is 0.680. The normalized spacial score (nSPS) is 10.7. The topological polar surface area (TPSA) is 25.2 Å². The molecule has 1 heterocycles. The van der Waals surface area contributed by atoms with Crippen LogP contribution < -0.4 is 5.32 Å². The van der Waals surface area contributed by atoms with E-state index in [1.54, 1.807) is 0 Å². The molecule has 1 N–H and O–H groups in total. The van der Waals surface area contributed by atoms with Gasteiger partial charge in [0, 0.05) is 15.7 Å². The van der Waals surface area contributed by atoms with E-state index in [4.69, 9.17) is 4.42 Å². The van der Waals surface area contributed by atoms with E-state index < -0.39 is 0 Å². The molecular weight excluding hydrogens is 338 g/mol. The van der Waals surface area contributed by atoms with Gasteiger partial charge in [0.25, 0.3) is 0 Å². The van der Waals surface area contributed by atoms with Gasteiger partial charge in [0.05, 0.1) is 6.54 Å². The Morgan fingerprint density at radius 1 is 0.909 bits per heavy atom. The van der Waals surface area contributed by atoms with Gasteiger partial charge < -0.3 is 9.73 Å². The van der Waals surface area contributed by atoms with Crippen LogP contribution in [0.4, 0.5) is 5.69 Å². The number of furan rings is 1. The van der Waals surface area contributed by atoms with E-state index in [9.17, 15) is 0 Å². The summed E-state index contributed by atoms with van der Waals surface area (Å²) in [5, 5.41) is 3.40. The zero-order valence-electron chi connectivity index (χ0n) is 12.7. The van der Waals surface area contributed by atoms with Crippen molar-refractivity contribution >= 4 is 21.6 Å². The monoisotopic (exact) mass is 355 g/mol. The lowest BCUT2D eigenvalue weighted by molar-refractivity contribution is 0.531. The van der Waals surface area contributed by atoms with E-state index in [0.717, 1.165) is 27.2 Å². The van der Waals surface area contributed by atoms with Crippen LogP contribution in [0.5, 0.6) is 0 Å². The lowest BCUT2D eigenvalue weighted by Gasteiger charge is -2.07. The highest BCUT2D eigenvalue weighted by Gasteiger charge is 2.05. The molecule has 0 fully saturated rings. The van der Waals surface area contributed by atoms with Gasteiger partial charge in [0.15, 0.2) is 0 Å². The summed E-state index contributed by atoms with van der Waals surface area (Å²) >= 11 is 3.44. The standard InChI is InChI=1S/C19H18BrNO/c1-13-3-8-17(11-14(13)2)21-12-18-9-10-19(22-18)15-4-6-16(20)7-5-15/h3-11,21H,12H2,1-2H3. The van der Waals surface area contributed by atoms with Crippen LogP contribution in [0.15, 0.2) is 63.5 Å². The summed E-state index contributed by atoms with van der Waals surface area (Å²) in [6, 6.07) is 18.6. The molecule has 0 bridgehead atoms. The van der Waals surface area contributed by atoms with Crippen LogP contribution in [0.1, 0.15) is 16.9 Å². The fraction of sp³-hybridized carbons (Fsp3) is 0.158. The molecule has 0 unspecified atom stereocenters. The zero-order valence-corrected chi connectivity index (χ0v) is 14.3. The Balaban J connectivity index is 1.69. The minimum Gasteiger partial charge on any atom is -0.459 e. The summed E-state index contributed by atoms with van der Waals surface area (Å²) in [4.78, 5) is 0. The number of nitrogens with one attached hydrogen (secondary N) is 1. The first-order chi connectivity index (χ1) is 10.6. The van der Waals surface area contributed by atoms with Gasteiger partial charge in [-0.25, -0.2) is 0 Å². The van der Waals surface area contributed by atoms with Gasteiger partial charge in [-0.1, -0.05) is 34.1 Å². The van der Waals surface area contributed by atoms with Crippen molar-refractivity contribution in [2.24, 2.45) is 0 Å². The first kappa shape index (κ1) is 14.9. The van der Waals surface area contributed by atoms with Crippen LogP contribution in [-0.4, -0.2) is 0 Å². The minimum absolute atomic E-state index is 0.680. The van der Waals surface area contributed by atoms with Crippen LogP contribution in [0, 0.1) is 13.8 Å². The molecule has 0 atom stereocenters. The van der Waals surface area contributed by atoms with E-state index in [1.165, 1.54) is 11.1 Å². The van der Waals surface area contributed by atoms with Gasteiger partial charge in [-0.15, -0.1) is 0 Å². The van der Waals surface area contributed by atoms with Crippen molar-refractivity contribution in [2.45, 2.75) is 20.4 Å². The van der Waals surface area contributed by atoms with E-state index in [0.29, 0.717) is 6.54 Å². The van der Waals surface area contributed by atoms with Crippen molar-refractivity contribution in [3.8, 4) is 11.3 Å². The third-order valence-electron chi connectivity index (χ3n) is 3.76. The maximum atomic E-state index is 5.91. The molecule has 1 aromatic heterocycles. The molecule has 3 heteroatoms. The van der Waals surface area contributed by atoms with Crippen molar-refractivity contribution in [2.75, 3.05) is 5.32 Å². The number of benzene rings is 2. The molecular formula is C19H18BrNO. The smallest absolute Gasteiger partial charge is 0.134 e. The highest BCUT2D eigenvalue weighted by molar-refractivity contribution is 9.10. The third-order valence-corrected chi connectivity index (χ3v) is 4.29. The molecule has 2 nitrogen and oxygen atoms in total. The Morgan fingerprint density at radius 2 is 1.68 bits per heavy atom. The number of hydrogen-bond acceptors (Lipinski definition) is 2. The second-order valence-electron chi connectivity index (χ2n) is 5.43. The Labute approximate surface area is 139 Å². The average molecular weight is 356 g/mol. The maximum absolute atomic E-state index is 5.91. The molecule has 0 aliphatic rings. The summed E-state index contributed by atoms with van der Waals surface area (Å²) in [6.07, 6.45) is 0. The van der Waals surface area contributed by atoms with Crippen LogP contribution in [0.25, 0.3) is 11.3 Å². The molecule has 0 amide bonds. The zero-order chi connectivity index (χ0) is 15.5. The van der Waals surface area contributed by atoms with Crippen molar-refractivity contribution < 1.29 is 4.42 Å². The number of halogens is 1. The molecule has 0 spiro atoms. The Bertz CT molecular complexity index is 774. The highest BCUT2D eigenvalue weighted by atomic mass is 79.9. The Hall–Kier alpha value is -2.00. The molecule has 0 saturated carbocycles. The fourth-order valence-electron chi connectivity index (χ4n) is 2.28. The molecule has 0 saturated heterocycles. The van der Waals surface area contributed by atoms with E-state index in [-0.39, 0.29) is 0 Å². The van der Waals surface area contributed by atoms with E-state index in [2.05, 4.69) is 53.3 Å². The second-order valence-corrected chi connectivity index (χ2v) is 6.34. The number of aryl methyl sites for hydroxylation is 2. The molecule has 112 valence electrons. The van der Waals surface area contributed by atoms with Crippen molar-refractivity contribution in [1.82, 2.24) is 0 Å². The fourth-order valence-corrected chi connectivity index (χ4v) is 2.55. The van der Waals surface area contributed by atoms with Gasteiger partial charge in [0.2, 0.25) is 0 Å². The highest BCUT2D eigenvalue weighted by Crippen LogP contribution is 2.24. The van der Waals surface area contributed by atoms with Crippen LogP contribution in [-0.2, 0) is 6.54 Å². The summed E-state index contributed by atoms with van der Waals surface area (Å²) in [6.45, 7) is 4.92. The summed E-state index contributed by atoms with van der Waals surface area (Å²) in [5.74, 6) is 1.82.